The van der Waals surface area contributed by atoms with Crippen LogP contribution in [-0.4, -0.2) is 48.4 Å². The van der Waals surface area contributed by atoms with E-state index in [9.17, 15) is 4.79 Å². The second-order valence-electron chi connectivity index (χ2n) is 6.55. The summed E-state index contributed by atoms with van der Waals surface area (Å²) in [5.74, 6) is 0.287. The van der Waals surface area contributed by atoms with Gasteiger partial charge in [-0.2, -0.15) is 0 Å². The van der Waals surface area contributed by atoms with E-state index in [1.54, 1.807) is 30.6 Å². The van der Waals surface area contributed by atoms with Crippen LogP contribution in [0.2, 0.25) is 0 Å². The van der Waals surface area contributed by atoms with E-state index in [-0.39, 0.29) is 12.0 Å². The first-order valence-corrected chi connectivity index (χ1v) is 9.14. The zero-order chi connectivity index (χ0) is 19.3. The first-order chi connectivity index (χ1) is 13.7. The molecule has 7 heteroatoms. The Morgan fingerprint density at radius 3 is 2.93 bits per heavy atom. The van der Waals surface area contributed by atoms with Crippen LogP contribution >= 0.6 is 0 Å². The summed E-state index contributed by atoms with van der Waals surface area (Å²) in [6.07, 6.45) is 3.26. The number of fused-ring (bicyclic) bond motifs is 1. The Hall–Kier alpha value is -3.03. The van der Waals surface area contributed by atoms with Crippen molar-refractivity contribution in [2.45, 2.75) is 13.0 Å². The lowest BCUT2D eigenvalue weighted by atomic mass is 10.1. The number of carbonyl (C=O) groups excluding carboxylic acids is 1. The van der Waals surface area contributed by atoms with Crippen molar-refractivity contribution in [1.29, 1.82) is 0 Å². The fourth-order valence-electron chi connectivity index (χ4n) is 3.04. The van der Waals surface area contributed by atoms with Gasteiger partial charge in [0.15, 0.2) is 0 Å². The third-order valence-electron chi connectivity index (χ3n) is 4.50. The van der Waals surface area contributed by atoms with Gasteiger partial charge in [0.25, 0.3) is 5.91 Å². The Morgan fingerprint density at radius 2 is 2.14 bits per heavy atom. The van der Waals surface area contributed by atoms with Crippen LogP contribution in [0, 0.1) is 6.92 Å². The fourth-order valence-corrected chi connectivity index (χ4v) is 3.04. The molecule has 28 heavy (non-hydrogen) atoms. The SMILES string of the molecule is Cc1cnc(OCC2COCCO2)c2ccc(NC(=O)c3ccccn3)cc12. The minimum Gasteiger partial charge on any atom is -0.474 e. The molecule has 0 radical (unpaired) electrons. The smallest absolute Gasteiger partial charge is 0.274 e. The first-order valence-electron chi connectivity index (χ1n) is 9.14. The number of benzene rings is 1. The quantitative estimate of drug-likeness (QED) is 0.734. The maximum absolute atomic E-state index is 12.3. The minimum absolute atomic E-state index is 0.0937. The number of pyridine rings is 2. The molecule has 1 unspecified atom stereocenters. The van der Waals surface area contributed by atoms with Crippen molar-refractivity contribution in [2.75, 3.05) is 31.7 Å². The summed E-state index contributed by atoms with van der Waals surface area (Å²) in [4.78, 5) is 20.8. The molecule has 1 aromatic carbocycles. The topological polar surface area (TPSA) is 82.6 Å². The summed E-state index contributed by atoms with van der Waals surface area (Å²) in [6.45, 7) is 4.07. The van der Waals surface area contributed by atoms with Crippen LogP contribution < -0.4 is 10.1 Å². The molecule has 1 N–H and O–H groups in total. The van der Waals surface area contributed by atoms with Gasteiger partial charge in [-0.1, -0.05) is 6.07 Å². The molecule has 1 aliphatic rings. The Balaban J connectivity index is 1.53. The van der Waals surface area contributed by atoms with Gasteiger partial charge in [0.2, 0.25) is 5.88 Å². The van der Waals surface area contributed by atoms with E-state index >= 15 is 0 Å². The summed E-state index contributed by atoms with van der Waals surface area (Å²) >= 11 is 0. The van der Waals surface area contributed by atoms with Crippen molar-refractivity contribution < 1.29 is 19.0 Å². The molecule has 1 atom stereocenters. The van der Waals surface area contributed by atoms with E-state index < -0.39 is 0 Å². The van der Waals surface area contributed by atoms with Crippen molar-refractivity contribution in [1.82, 2.24) is 9.97 Å². The van der Waals surface area contributed by atoms with Gasteiger partial charge in [-0.25, -0.2) is 4.98 Å². The third kappa shape index (κ3) is 4.11. The Kier molecular flexibility index (Phi) is 5.45. The van der Waals surface area contributed by atoms with Crippen LogP contribution in [0.15, 0.2) is 48.8 Å². The number of rotatable bonds is 5. The predicted molar refractivity (Wildman–Crippen MR) is 105 cm³/mol. The fraction of sp³-hybridized carbons (Fsp3) is 0.286. The van der Waals surface area contributed by atoms with Gasteiger partial charge in [0, 0.05) is 23.5 Å². The lowest BCUT2D eigenvalue weighted by molar-refractivity contribution is -0.101. The van der Waals surface area contributed by atoms with Crippen molar-refractivity contribution in [3.8, 4) is 5.88 Å². The second kappa shape index (κ2) is 8.33. The number of nitrogens with one attached hydrogen (secondary N) is 1. The Morgan fingerprint density at radius 1 is 1.21 bits per heavy atom. The number of amides is 1. The van der Waals surface area contributed by atoms with Crippen molar-refractivity contribution >= 4 is 22.4 Å². The molecule has 3 aromatic rings. The van der Waals surface area contributed by atoms with E-state index in [0.29, 0.717) is 43.7 Å². The van der Waals surface area contributed by atoms with Gasteiger partial charge in [0.05, 0.1) is 19.8 Å². The van der Waals surface area contributed by atoms with Crippen LogP contribution in [0.25, 0.3) is 10.8 Å². The summed E-state index contributed by atoms with van der Waals surface area (Å²) in [5, 5.41) is 4.73. The molecule has 1 aliphatic heterocycles. The van der Waals surface area contributed by atoms with Gasteiger partial charge >= 0.3 is 0 Å². The number of carbonyl (C=O) groups is 1. The second-order valence-corrected chi connectivity index (χ2v) is 6.55. The van der Waals surface area contributed by atoms with E-state index in [0.717, 1.165) is 16.3 Å². The van der Waals surface area contributed by atoms with Gasteiger partial charge in [-0.15, -0.1) is 0 Å². The van der Waals surface area contributed by atoms with Crippen molar-refractivity contribution in [3.63, 3.8) is 0 Å². The van der Waals surface area contributed by atoms with Gasteiger partial charge < -0.3 is 19.5 Å². The zero-order valence-corrected chi connectivity index (χ0v) is 15.6. The highest BCUT2D eigenvalue weighted by Gasteiger charge is 2.17. The molecule has 0 bridgehead atoms. The molecular weight excluding hydrogens is 358 g/mol. The standard InChI is InChI=1S/C21H21N3O4/c1-14-11-23-21(28-13-16-12-26-8-9-27-16)17-6-5-15(10-18(14)17)24-20(25)19-4-2-3-7-22-19/h2-7,10-11,16H,8-9,12-13H2,1H3,(H,24,25). The van der Waals surface area contributed by atoms with Crippen LogP contribution in [0.3, 0.4) is 0 Å². The zero-order valence-electron chi connectivity index (χ0n) is 15.6. The predicted octanol–water partition coefficient (Wildman–Crippen LogP) is 2.98. The molecule has 1 amide bonds. The van der Waals surface area contributed by atoms with Crippen molar-refractivity contribution in [2.24, 2.45) is 0 Å². The maximum Gasteiger partial charge on any atom is 0.274 e. The number of nitrogens with zero attached hydrogens (tertiary/aromatic N) is 2. The van der Waals surface area contributed by atoms with Crippen LogP contribution in [0.1, 0.15) is 16.1 Å². The van der Waals surface area contributed by atoms with Gasteiger partial charge in [-0.3, -0.25) is 9.78 Å². The summed E-state index contributed by atoms with van der Waals surface area (Å²) in [7, 11) is 0. The molecule has 3 heterocycles. The normalized spacial score (nSPS) is 16.7. The first kappa shape index (κ1) is 18.3. The average molecular weight is 379 g/mol. The van der Waals surface area contributed by atoms with E-state index in [1.165, 1.54) is 0 Å². The number of aromatic nitrogens is 2. The highest BCUT2D eigenvalue weighted by Crippen LogP contribution is 2.29. The highest BCUT2D eigenvalue weighted by molar-refractivity contribution is 6.04. The Labute approximate surface area is 162 Å². The largest absolute Gasteiger partial charge is 0.474 e. The summed E-state index contributed by atoms with van der Waals surface area (Å²) < 4.78 is 16.9. The van der Waals surface area contributed by atoms with Gasteiger partial charge in [-0.05, 0) is 48.2 Å². The molecule has 144 valence electrons. The van der Waals surface area contributed by atoms with Crippen LogP contribution in [0.4, 0.5) is 5.69 Å². The minimum atomic E-state index is -0.252. The van der Waals surface area contributed by atoms with Crippen LogP contribution in [0.5, 0.6) is 5.88 Å². The van der Waals surface area contributed by atoms with E-state index in [1.807, 2.05) is 25.1 Å². The molecule has 0 spiro atoms. The number of hydrogen-bond donors (Lipinski definition) is 1. The molecule has 7 nitrogen and oxygen atoms in total. The molecule has 1 saturated heterocycles. The highest BCUT2D eigenvalue weighted by atomic mass is 16.6. The molecule has 2 aromatic heterocycles. The lowest BCUT2D eigenvalue weighted by Gasteiger charge is -2.23. The number of anilines is 1. The molecule has 1 fully saturated rings. The maximum atomic E-state index is 12.3. The molecular formula is C21H21N3O4. The number of aryl methyl sites for hydroxylation is 1. The lowest BCUT2D eigenvalue weighted by Crippen LogP contribution is -2.33. The van der Waals surface area contributed by atoms with Crippen LogP contribution in [-0.2, 0) is 9.47 Å². The van der Waals surface area contributed by atoms with Crippen molar-refractivity contribution in [3.05, 3.63) is 60.0 Å². The third-order valence-corrected chi connectivity index (χ3v) is 4.50. The monoisotopic (exact) mass is 379 g/mol. The van der Waals surface area contributed by atoms with E-state index in [2.05, 4.69) is 15.3 Å². The summed E-state index contributed by atoms with van der Waals surface area (Å²) in [5.41, 5.74) is 2.05. The van der Waals surface area contributed by atoms with Gasteiger partial charge in [0.1, 0.15) is 18.4 Å². The number of hydrogen-bond acceptors (Lipinski definition) is 6. The average Bonchev–Trinajstić information content (AvgIpc) is 2.75. The number of ether oxygens (including phenoxy) is 3. The summed E-state index contributed by atoms with van der Waals surface area (Å²) in [6, 6.07) is 10.9. The molecule has 0 aliphatic carbocycles. The Bertz CT molecular complexity index is 972. The molecule has 0 saturated carbocycles. The van der Waals surface area contributed by atoms with E-state index in [4.69, 9.17) is 14.2 Å². The molecule has 4 rings (SSSR count).